The van der Waals surface area contributed by atoms with Crippen molar-refractivity contribution < 1.29 is 4.79 Å². The van der Waals surface area contributed by atoms with Crippen LogP contribution in [0.15, 0.2) is 30.9 Å². The Kier molecular flexibility index (Phi) is 4.16. The molecule has 7 heteroatoms. The lowest BCUT2D eigenvalue weighted by Gasteiger charge is -2.23. The molecule has 0 aliphatic carbocycles. The van der Waals surface area contributed by atoms with E-state index in [0.717, 1.165) is 47.7 Å². The molecule has 26 heavy (non-hydrogen) atoms. The maximum absolute atomic E-state index is 12.6. The maximum atomic E-state index is 12.6. The van der Waals surface area contributed by atoms with Gasteiger partial charge in [0.05, 0.1) is 23.8 Å². The number of amides is 1. The molecule has 0 spiro atoms. The molecule has 3 aromatic heterocycles. The molecule has 1 N–H and O–H groups in total. The molecule has 1 aliphatic rings. The van der Waals surface area contributed by atoms with Crippen LogP contribution in [0, 0.1) is 13.8 Å². The summed E-state index contributed by atoms with van der Waals surface area (Å²) in [5.74, 6) is -0.0883. The summed E-state index contributed by atoms with van der Waals surface area (Å²) in [5, 5.41) is 3.27. The van der Waals surface area contributed by atoms with E-state index in [9.17, 15) is 4.79 Å². The maximum Gasteiger partial charge on any atom is 0.274 e. The fraction of sp³-hybridized carbons (Fsp3) is 0.368. The molecule has 1 aliphatic heterocycles. The largest absolute Gasteiger partial charge is 0.336 e. The van der Waals surface area contributed by atoms with Crippen LogP contribution in [0.4, 0.5) is 0 Å². The van der Waals surface area contributed by atoms with Crippen molar-refractivity contribution in [3.05, 3.63) is 47.8 Å². The van der Waals surface area contributed by atoms with E-state index in [0.29, 0.717) is 5.69 Å². The Balaban J connectivity index is 1.60. The van der Waals surface area contributed by atoms with Gasteiger partial charge in [0.25, 0.3) is 5.91 Å². The molecule has 7 nitrogen and oxygen atoms in total. The average Bonchev–Trinajstić information content (AvgIpc) is 3.30. The van der Waals surface area contributed by atoms with Crippen molar-refractivity contribution in [2.24, 2.45) is 0 Å². The number of rotatable bonds is 3. The number of carbonyl (C=O) groups excluding carboxylic acids is 1. The Morgan fingerprint density at radius 2 is 2.12 bits per heavy atom. The minimum absolute atomic E-state index is 0.0883. The Morgan fingerprint density at radius 1 is 1.27 bits per heavy atom. The van der Waals surface area contributed by atoms with E-state index in [1.165, 1.54) is 0 Å². The number of aromatic nitrogens is 4. The molecule has 1 atom stereocenters. The zero-order valence-corrected chi connectivity index (χ0v) is 15.2. The summed E-state index contributed by atoms with van der Waals surface area (Å²) in [7, 11) is 1.83. The lowest BCUT2D eigenvalue weighted by Crippen LogP contribution is -2.38. The van der Waals surface area contributed by atoms with Crippen LogP contribution < -0.4 is 5.32 Å². The first-order chi connectivity index (χ1) is 12.5. The lowest BCUT2D eigenvalue weighted by atomic mass is 10.1. The molecule has 1 saturated heterocycles. The van der Waals surface area contributed by atoms with Gasteiger partial charge in [-0.05, 0) is 38.4 Å². The Labute approximate surface area is 152 Å². The van der Waals surface area contributed by atoms with Gasteiger partial charge < -0.3 is 14.6 Å². The van der Waals surface area contributed by atoms with E-state index in [1.54, 1.807) is 17.3 Å². The number of nitrogens with zero attached hydrogens (tertiary/aromatic N) is 5. The van der Waals surface area contributed by atoms with E-state index in [1.807, 2.05) is 43.8 Å². The molecule has 134 valence electrons. The number of hydrogen-bond donors (Lipinski definition) is 1. The van der Waals surface area contributed by atoms with E-state index < -0.39 is 0 Å². The predicted octanol–water partition coefficient (Wildman–Crippen LogP) is 1.84. The second-order valence-corrected chi connectivity index (χ2v) is 6.87. The summed E-state index contributed by atoms with van der Waals surface area (Å²) in [6.45, 7) is 5.78. The van der Waals surface area contributed by atoms with Crippen LogP contribution in [0.2, 0.25) is 0 Å². The molecule has 1 fully saturated rings. The SMILES string of the molecule is Cc1cn2cc(-c3cnc(C(=O)N(C)C4CCNC4)cn3)cc(C)c2n1. The van der Waals surface area contributed by atoms with Crippen molar-refractivity contribution in [3.63, 3.8) is 0 Å². The molecule has 0 saturated carbocycles. The number of imidazole rings is 1. The normalized spacial score (nSPS) is 17.0. The van der Waals surface area contributed by atoms with Crippen LogP contribution >= 0.6 is 0 Å². The van der Waals surface area contributed by atoms with Crippen molar-refractivity contribution in [1.29, 1.82) is 0 Å². The Morgan fingerprint density at radius 3 is 2.81 bits per heavy atom. The van der Waals surface area contributed by atoms with Gasteiger partial charge in [-0.1, -0.05) is 0 Å². The average molecular weight is 350 g/mol. The van der Waals surface area contributed by atoms with Gasteiger partial charge in [0.1, 0.15) is 11.3 Å². The molecular weight excluding hydrogens is 328 g/mol. The van der Waals surface area contributed by atoms with Gasteiger partial charge in [-0.2, -0.15) is 0 Å². The smallest absolute Gasteiger partial charge is 0.274 e. The van der Waals surface area contributed by atoms with E-state index >= 15 is 0 Å². The summed E-state index contributed by atoms with van der Waals surface area (Å²) in [6, 6.07) is 2.27. The van der Waals surface area contributed by atoms with Gasteiger partial charge in [0.15, 0.2) is 0 Å². The van der Waals surface area contributed by atoms with E-state index in [2.05, 4.69) is 20.3 Å². The zero-order chi connectivity index (χ0) is 18.3. The first-order valence-electron chi connectivity index (χ1n) is 8.79. The standard InChI is InChI=1S/C19H22N6O/c1-12-6-14(11-25-10-13(2)23-18(12)25)16-8-22-17(9-21-16)19(26)24(3)15-4-5-20-7-15/h6,8-11,15,20H,4-5,7H2,1-3H3. The van der Waals surface area contributed by atoms with Crippen molar-refractivity contribution in [1.82, 2.24) is 29.6 Å². The third-order valence-electron chi connectivity index (χ3n) is 4.92. The summed E-state index contributed by atoms with van der Waals surface area (Å²) in [5.41, 5.74) is 5.06. The highest BCUT2D eigenvalue weighted by Gasteiger charge is 2.25. The summed E-state index contributed by atoms with van der Waals surface area (Å²) < 4.78 is 2.00. The number of nitrogens with one attached hydrogen (secondary N) is 1. The minimum atomic E-state index is -0.0883. The minimum Gasteiger partial charge on any atom is -0.336 e. The number of fused-ring (bicyclic) bond motifs is 1. The van der Waals surface area contributed by atoms with E-state index in [4.69, 9.17) is 0 Å². The first-order valence-corrected chi connectivity index (χ1v) is 8.79. The van der Waals surface area contributed by atoms with Gasteiger partial charge in [-0.25, -0.2) is 9.97 Å². The number of hydrogen-bond acceptors (Lipinski definition) is 5. The molecular formula is C19H22N6O. The van der Waals surface area contributed by atoms with Crippen molar-refractivity contribution in [2.45, 2.75) is 26.3 Å². The second kappa shape index (κ2) is 6.49. The molecule has 1 unspecified atom stereocenters. The summed E-state index contributed by atoms with van der Waals surface area (Å²) in [6.07, 6.45) is 8.18. The van der Waals surface area contributed by atoms with Crippen molar-refractivity contribution in [3.8, 4) is 11.3 Å². The molecule has 4 rings (SSSR count). The molecule has 0 bridgehead atoms. The Hall–Kier alpha value is -2.80. The number of carbonyl (C=O) groups is 1. The van der Waals surface area contributed by atoms with Crippen molar-refractivity contribution in [2.75, 3.05) is 20.1 Å². The molecule has 4 heterocycles. The fourth-order valence-electron chi connectivity index (χ4n) is 3.44. The predicted molar refractivity (Wildman–Crippen MR) is 99.1 cm³/mol. The van der Waals surface area contributed by atoms with Gasteiger partial charge in [0, 0.05) is 37.6 Å². The molecule has 0 aromatic carbocycles. The monoisotopic (exact) mass is 350 g/mol. The topological polar surface area (TPSA) is 75.4 Å². The fourth-order valence-corrected chi connectivity index (χ4v) is 3.44. The first kappa shape index (κ1) is 16.7. The molecule has 0 radical (unpaired) electrons. The third kappa shape index (κ3) is 2.94. The summed E-state index contributed by atoms with van der Waals surface area (Å²) in [4.78, 5) is 27.7. The van der Waals surface area contributed by atoms with Crippen LogP contribution in [-0.4, -0.2) is 56.3 Å². The van der Waals surface area contributed by atoms with Crippen molar-refractivity contribution >= 4 is 11.6 Å². The van der Waals surface area contributed by atoms with Gasteiger partial charge in [0.2, 0.25) is 0 Å². The van der Waals surface area contributed by atoms with Gasteiger partial charge in [-0.15, -0.1) is 0 Å². The lowest BCUT2D eigenvalue weighted by molar-refractivity contribution is 0.0737. The van der Waals surface area contributed by atoms with Gasteiger partial charge >= 0.3 is 0 Å². The highest BCUT2D eigenvalue weighted by Crippen LogP contribution is 2.21. The highest BCUT2D eigenvalue weighted by molar-refractivity contribution is 5.92. The quantitative estimate of drug-likeness (QED) is 0.780. The van der Waals surface area contributed by atoms with Crippen LogP contribution in [0.5, 0.6) is 0 Å². The van der Waals surface area contributed by atoms with Crippen LogP contribution in [0.25, 0.3) is 16.9 Å². The number of aryl methyl sites for hydroxylation is 2. The molecule has 1 amide bonds. The van der Waals surface area contributed by atoms with Crippen LogP contribution in [0.3, 0.4) is 0 Å². The van der Waals surface area contributed by atoms with Crippen LogP contribution in [-0.2, 0) is 0 Å². The summed E-state index contributed by atoms with van der Waals surface area (Å²) >= 11 is 0. The highest BCUT2D eigenvalue weighted by atomic mass is 16.2. The van der Waals surface area contributed by atoms with Crippen LogP contribution in [0.1, 0.15) is 28.2 Å². The number of likely N-dealkylation sites (N-methyl/N-ethyl adjacent to an activating group) is 1. The van der Waals surface area contributed by atoms with E-state index in [-0.39, 0.29) is 11.9 Å². The number of pyridine rings is 1. The van der Waals surface area contributed by atoms with Gasteiger partial charge in [-0.3, -0.25) is 9.78 Å². The third-order valence-corrected chi connectivity index (χ3v) is 4.92. The molecule has 3 aromatic rings. The Bertz CT molecular complexity index is 956. The zero-order valence-electron chi connectivity index (χ0n) is 15.2. The second-order valence-electron chi connectivity index (χ2n) is 6.87.